The highest BCUT2D eigenvalue weighted by Crippen LogP contribution is 2.26. The standard InChI is InChI=1S/C14H22ClN3O2S/c1-5-8(2)16-13(19)10(4)18-14(20)17-9(3)11-6-7-12(15)21-11/h6-10H,5H2,1-4H3,(H,16,19)(H2,17,18,20)/t8-,9-,10+/m0/s1. The van der Waals surface area contributed by atoms with Crippen molar-refractivity contribution in [3.63, 3.8) is 0 Å². The minimum absolute atomic E-state index is 0.0944. The Balaban J connectivity index is 2.44. The van der Waals surface area contributed by atoms with Crippen LogP contribution >= 0.6 is 22.9 Å². The van der Waals surface area contributed by atoms with Crippen molar-refractivity contribution in [2.75, 3.05) is 0 Å². The van der Waals surface area contributed by atoms with E-state index in [-0.39, 0.29) is 24.0 Å². The summed E-state index contributed by atoms with van der Waals surface area (Å²) in [5, 5.41) is 8.24. The third kappa shape index (κ3) is 5.93. The van der Waals surface area contributed by atoms with Crippen LogP contribution in [0.4, 0.5) is 4.79 Å². The molecule has 3 atom stereocenters. The lowest BCUT2D eigenvalue weighted by Crippen LogP contribution is -2.50. The first-order valence-corrected chi connectivity index (χ1v) is 8.15. The summed E-state index contributed by atoms with van der Waals surface area (Å²) in [7, 11) is 0. The number of hydrogen-bond acceptors (Lipinski definition) is 3. The number of halogens is 1. The molecule has 0 aliphatic rings. The van der Waals surface area contributed by atoms with Crippen molar-refractivity contribution in [2.24, 2.45) is 0 Å². The van der Waals surface area contributed by atoms with Gasteiger partial charge < -0.3 is 16.0 Å². The third-order valence-corrected chi connectivity index (χ3v) is 4.52. The molecule has 5 nitrogen and oxygen atoms in total. The van der Waals surface area contributed by atoms with Gasteiger partial charge in [0.05, 0.1) is 10.4 Å². The first-order valence-electron chi connectivity index (χ1n) is 6.96. The Labute approximate surface area is 134 Å². The molecule has 0 bridgehead atoms. The predicted molar refractivity (Wildman–Crippen MR) is 86.8 cm³/mol. The molecular formula is C14H22ClN3O2S. The molecule has 0 unspecified atom stereocenters. The van der Waals surface area contributed by atoms with E-state index in [1.54, 1.807) is 13.0 Å². The van der Waals surface area contributed by atoms with Crippen LogP contribution in [-0.2, 0) is 4.79 Å². The Kier molecular flexibility index (Phi) is 6.98. The molecular weight excluding hydrogens is 310 g/mol. The molecule has 0 saturated carbocycles. The third-order valence-electron chi connectivity index (χ3n) is 3.11. The van der Waals surface area contributed by atoms with E-state index in [9.17, 15) is 9.59 Å². The normalized spacial score (nSPS) is 14.9. The Morgan fingerprint density at radius 1 is 1.19 bits per heavy atom. The number of hydrogen-bond donors (Lipinski definition) is 3. The number of carbonyl (C=O) groups is 2. The van der Waals surface area contributed by atoms with Gasteiger partial charge in [-0.2, -0.15) is 0 Å². The SMILES string of the molecule is CC[C@H](C)NC(=O)[C@@H](C)NC(=O)N[C@@H](C)c1ccc(Cl)s1. The van der Waals surface area contributed by atoms with Crippen molar-refractivity contribution < 1.29 is 9.59 Å². The van der Waals surface area contributed by atoms with Gasteiger partial charge in [0.2, 0.25) is 5.91 Å². The topological polar surface area (TPSA) is 70.2 Å². The number of amides is 3. The fourth-order valence-corrected chi connectivity index (χ4v) is 2.67. The minimum Gasteiger partial charge on any atom is -0.352 e. The summed E-state index contributed by atoms with van der Waals surface area (Å²) in [6.45, 7) is 7.44. The van der Waals surface area contributed by atoms with Gasteiger partial charge in [0.1, 0.15) is 6.04 Å². The first kappa shape index (κ1) is 17.8. The maximum Gasteiger partial charge on any atom is 0.315 e. The van der Waals surface area contributed by atoms with E-state index in [0.717, 1.165) is 11.3 Å². The van der Waals surface area contributed by atoms with Crippen LogP contribution in [-0.4, -0.2) is 24.0 Å². The van der Waals surface area contributed by atoms with Gasteiger partial charge >= 0.3 is 6.03 Å². The summed E-state index contributed by atoms with van der Waals surface area (Å²) in [6, 6.07) is 2.64. The molecule has 3 N–H and O–H groups in total. The van der Waals surface area contributed by atoms with E-state index in [1.807, 2.05) is 26.8 Å². The molecule has 7 heteroatoms. The highest BCUT2D eigenvalue weighted by atomic mass is 35.5. The van der Waals surface area contributed by atoms with Crippen LogP contribution in [0.2, 0.25) is 4.34 Å². The lowest BCUT2D eigenvalue weighted by Gasteiger charge is -2.19. The Hall–Kier alpha value is -1.27. The van der Waals surface area contributed by atoms with Crippen LogP contribution in [0.1, 0.15) is 45.0 Å². The van der Waals surface area contributed by atoms with Crippen LogP contribution in [0.25, 0.3) is 0 Å². The van der Waals surface area contributed by atoms with Gasteiger partial charge in [-0.3, -0.25) is 4.79 Å². The summed E-state index contributed by atoms with van der Waals surface area (Å²) in [6.07, 6.45) is 0.848. The first-order chi connectivity index (χ1) is 9.83. The van der Waals surface area contributed by atoms with E-state index in [4.69, 9.17) is 11.6 Å². The smallest absolute Gasteiger partial charge is 0.315 e. The zero-order valence-corrected chi connectivity index (χ0v) is 14.3. The summed E-state index contributed by atoms with van der Waals surface area (Å²) < 4.78 is 0.681. The molecule has 1 aromatic rings. The number of urea groups is 1. The molecule has 0 radical (unpaired) electrons. The van der Waals surface area contributed by atoms with Gasteiger partial charge in [0, 0.05) is 10.9 Å². The average Bonchev–Trinajstić information content (AvgIpc) is 2.84. The van der Waals surface area contributed by atoms with Crippen LogP contribution < -0.4 is 16.0 Å². The fraction of sp³-hybridized carbons (Fsp3) is 0.571. The summed E-state index contributed by atoms with van der Waals surface area (Å²) >= 11 is 7.28. The van der Waals surface area contributed by atoms with Crippen molar-refractivity contribution in [3.05, 3.63) is 21.3 Å². The van der Waals surface area contributed by atoms with E-state index in [2.05, 4.69) is 16.0 Å². The van der Waals surface area contributed by atoms with Crippen molar-refractivity contribution in [3.8, 4) is 0 Å². The monoisotopic (exact) mass is 331 g/mol. The molecule has 1 rings (SSSR count). The minimum atomic E-state index is -0.585. The van der Waals surface area contributed by atoms with Gasteiger partial charge in [-0.05, 0) is 39.3 Å². The molecule has 0 saturated heterocycles. The summed E-state index contributed by atoms with van der Waals surface area (Å²) in [5.41, 5.74) is 0. The van der Waals surface area contributed by atoms with Crippen molar-refractivity contribution in [2.45, 2.75) is 52.2 Å². The van der Waals surface area contributed by atoms with E-state index >= 15 is 0 Å². The van der Waals surface area contributed by atoms with Gasteiger partial charge in [0.25, 0.3) is 0 Å². The zero-order chi connectivity index (χ0) is 16.0. The number of rotatable bonds is 6. The largest absolute Gasteiger partial charge is 0.352 e. The molecule has 0 aromatic carbocycles. The van der Waals surface area contributed by atoms with Crippen molar-refractivity contribution >= 4 is 34.9 Å². The zero-order valence-electron chi connectivity index (χ0n) is 12.7. The van der Waals surface area contributed by atoms with Gasteiger partial charge in [-0.25, -0.2) is 4.79 Å². The van der Waals surface area contributed by atoms with Crippen LogP contribution in [0.15, 0.2) is 12.1 Å². The lowest BCUT2D eigenvalue weighted by molar-refractivity contribution is -0.123. The van der Waals surface area contributed by atoms with E-state index in [0.29, 0.717) is 4.34 Å². The van der Waals surface area contributed by atoms with Crippen LogP contribution in [0, 0.1) is 0 Å². The van der Waals surface area contributed by atoms with Crippen LogP contribution in [0.5, 0.6) is 0 Å². The number of thiophene rings is 1. The Morgan fingerprint density at radius 3 is 2.38 bits per heavy atom. The Morgan fingerprint density at radius 2 is 1.86 bits per heavy atom. The average molecular weight is 332 g/mol. The molecule has 0 fully saturated rings. The molecule has 1 heterocycles. The number of nitrogens with one attached hydrogen (secondary N) is 3. The van der Waals surface area contributed by atoms with Gasteiger partial charge in [-0.15, -0.1) is 11.3 Å². The quantitative estimate of drug-likeness (QED) is 0.749. The number of carbonyl (C=O) groups excluding carboxylic acids is 2. The molecule has 0 aliphatic carbocycles. The maximum absolute atomic E-state index is 11.9. The van der Waals surface area contributed by atoms with E-state index < -0.39 is 6.04 Å². The highest BCUT2D eigenvalue weighted by Gasteiger charge is 2.18. The van der Waals surface area contributed by atoms with Crippen molar-refractivity contribution in [1.82, 2.24) is 16.0 Å². The second-order valence-electron chi connectivity index (χ2n) is 5.02. The molecule has 118 valence electrons. The molecule has 21 heavy (non-hydrogen) atoms. The summed E-state index contributed by atoms with van der Waals surface area (Å²) in [4.78, 5) is 24.7. The second kappa shape index (κ2) is 8.24. The summed E-state index contributed by atoms with van der Waals surface area (Å²) in [5.74, 6) is -0.189. The fourth-order valence-electron chi connectivity index (χ4n) is 1.60. The van der Waals surface area contributed by atoms with E-state index in [1.165, 1.54) is 11.3 Å². The molecule has 3 amide bonds. The van der Waals surface area contributed by atoms with Gasteiger partial charge in [-0.1, -0.05) is 18.5 Å². The molecule has 1 aromatic heterocycles. The second-order valence-corrected chi connectivity index (χ2v) is 6.77. The maximum atomic E-state index is 11.9. The highest BCUT2D eigenvalue weighted by molar-refractivity contribution is 7.16. The van der Waals surface area contributed by atoms with Crippen molar-refractivity contribution in [1.29, 1.82) is 0 Å². The van der Waals surface area contributed by atoms with Gasteiger partial charge in [0.15, 0.2) is 0 Å². The molecule has 0 aliphatic heterocycles. The predicted octanol–water partition coefficient (Wildman–Crippen LogP) is 3.06. The molecule has 0 spiro atoms. The van der Waals surface area contributed by atoms with Crippen LogP contribution in [0.3, 0.4) is 0 Å². The Bertz CT molecular complexity index is 492. The lowest BCUT2D eigenvalue weighted by atomic mass is 10.2.